The first-order valence-electron chi connectivity index (χ1n) is 10.4. The van der Waals surface area contributed by atoms with E-state index in [1.165, 1.54) is 0 Å². The van der Waals surface area contributed by atoms with E-state index in [0.29, 0.717) is 19.1 Å². The van der Waals surface area contributed by atoms with Crippen LogP contribution in [0.5, 0.6) is 5.75 Å². The van der Waals surface area contributed by atoms with Crippen molar-refractivity contribution in [3.63, 3.8) is 0 Å². The molecule has 7 heteroatoms. The third-order valence-corrected chi connectivity index (χ3v) is 3.98. The van der Waals surface area contributed by atoms with E-state index in [2.05, 4.69) is 47.4 Å². The number of guanidine groups is 1. The quantitative estimate of drug-likeness (QED) is 0.186. The van der Waals surface area contributed by atoms with Crippen LogP contribution in [-0.2, 0) is 17.9 Å². The number of nitrogens with zero attached hydrogens (tertiary/aromatic N) is 2. The molecule has 0 radical (unpaired) electrons. The van der Waals surface area contributed by atoms with Crippen molar-refractivity contribution < 1.29 is 9.47 Å². The van der Waals surface area contributed by atoms with E-state index in [1.54, 1.807) is 6.20 Å². The molecular weight excluding hydrogens is 491 g/mol. The van der Waals surface area contributed by atoms with E-state index >= 15 is 0 Å². The summed E-state index contributed by atoms with van der Waals surface area (Å²) in [5.41, 5.74) is 2.01. The van der Waals surface area contributed by atoms with Gasteiger partial charge >= 0.3 is 0 Å². The average Bonchev–Trinajstić information content (AvgIpc) is 2.73. The molecule has 0 aliphatic carbocycles. The van der Waals surface area contributed by atoms with Crippen molar-refractivity contribution in [3.05, 3.63) is 59.9 Å². The van der Waals surface area contributed by atoms with Crippen LogP contribution in [0.3, 0.4) is 0 Å². The number of ether oxygens (including phenoxy) is 2. The van der Waals surface area contributed by atoms with Gasteiger partial charge in [0, 0.05) is 32.5 Å². The van der Waals surface area contributed by atoms with Crippen molar-refractivity contribution in [2.75, 3.05) is 26.3 Å². The van der Waals surface area contributed by atoms with E-state index in [0.717, 1.165) is 55.7 Å². The monoisotopic (exact) mass is 526 g/mol. The predicted octanol–water partition coefficient (Wildman–Crippen LogP) is 4.40. The molecule has 1 aromatic heterocycles. The molecule has 0 unspecified atom stereocenters. The summed E-state index contributed by atoms with van der Waals surface area (Å²) >= 11 is 0. The largest absolute Gasteiger partial charge is 0.487 e. The van der Waals surface area contributed by atoms with Gasteiger partial charge in [-0.3, -0.25) is 4.98 Å². The topological polar surface area (TPSA) is 67.8 Å². The van der Waals surface area contributed by atoms with Gasteiger partial charge in [0.25, 0.3) is 0 Å². The van der Waals surface area contributed by atoms with Gasteiger partial charge < -0.3 is 20.1 Å². The fourth-order valence-corrected chi connectivity index (χ4v) is 2.59. The Labute approximate surface area is 197 Å². The molecule has 166 valence electrons. The maximum Gasteiger partial charge on any atom is 0.191 e. The molecular formula is C23H35IN4O2. The predicted molar refractivity (Wildman–Crippen MR) is 134 cm³/mol. The maximum absolute atomic E-state index is 5.85. The van der Waals surface area contributed by atoms with Gasteiger partial charge in [0.15, 0.2) is 5.96 Å². The lowest BCUT2D eigenvalue weighted by Gasteiger charge is -2.12. The first-order valence-corrected chi connectivity index (χ1v) is 10.4. The number of hydrogen-bond acceptors (Lipinski definition) is 4. The van der Waals surface area contributed by atoms with E-state index in [-0.39, 0.29) is 24.0 Å². The lowest BCUT2D eigenvalue weighted by atomic mass is 10.2. The fraction of sp³-hybridized carbons (Fsp3) is 0.478. The van der Waals surface area contributed by atoms with E-state index in [4.69, 9.17) is 9.47 Å². The molecule has 0 saturated heterocycles. The Balaban J connectivity index is 0.00000450. The molecule has 2 rings (SSSR count). The number of aromatic nitrogens is 1. The summed E-state index contributed by atoms with van der Waals surface area (Å²) in [6.45, 7) is 10.7. The second-order valence-corrected chi connectivity index (χ2v) is 7.20. The number of rotatable bonds is 12. The van der Waals surface area contributed by atoms with Crippen molar-refractivity contribution in [2.24, 2.45) is 10.9 Å². The van der Waals surface area contributed by atoms with Crippen LogP contribution in [0.15, 0.2) is 53.7 Å². The molecule has 6 nitrogen and oxygen atoms in total. The number of nitrogens with one attached hydrogen (secondary N) is 2. The highest BCUT2D eigenvalue weighted by Crippen LogP contribution is 2.15. The van der Waals surface area contributed by atoms with Crippen molar-refractivity contribution >= 4 is 29.9 Å². The second kappa shape index (κ2) is 15.9. The molecule has 1 aromatic carbocycles. The molecule has 0 aliphatic heterocycles. The van der Waals surface area contributed by atoms with Crippen LogP contribution in [-0.4, -0.2) is 37.2 Å². The van der Waals surface area contributed by atoms with Crippen molar-refractivity contribution in [3.8, 4) is 5.75 Å². The van der Waals surface area contributed by atoms with Crippen LogP contribution >= 0.6 is 24.0 Å². The summed E-state index contributed by atoms with van der Waals surface area (Å²) in [5, 5.41) is 6.64. The summed E-state index contributed by atoms with van der Waals surface area (Å²) in [6, 6.07) is 13.8. The Bertz CT molecular complexity index is 726. The minimum absolute atomic E-state index is 0. The van der Waals surface area contributed by atoms with Crippen LogP contribution in [0.1, 0.15) is 38.4 Å². The maximum atomic E-state index is 5.85. The van der Waals surface area contributed by atoms with Gasteiger partial charge in [0.05, 0.1) is 12.2 Å². The molecule has 0 aliphatic rings. The highest BCUT2D eigenvalue weighted by molar-refractivity contribution is 14.0. The highest BCUT2D eigenvalue weighted by Gasteiger charge is 2.01. The lowest BCUT2D eigenvalue weighted by molar-refractivity contribution is 0.108. The third kappa shape index (κ3) is 11.3. The Hall–Kier alpha value is -1.87. The first kappa shape index (κ1) is 26.2. The molecule has 0 spiro atoms. The summed E-state index contributed by atoms with van der Waals surface area (Å²) < 4.78 is 11.5. The zero-order valence-electron chi connectivity index (χ0n) is 18.3. The Morgan fingerprint density at radius 1 is 1.13 bits per heavy atom. The first-order chi connectivity index (χ1) is 14.2. The summed E-state index contributed by atoms with van der Waals surface area (Å²) in [6.07, 6.45) is 2.73. The molecule has 0 amide bonds. The minimum atomic E-state index is 0. The van der Waals surface area contributed by atoms with E-state index in [1.807, 2.05) is 36.4 Å². The average molecular weight is 526 g/mol. The van der Waals surface area contributed by atoms with Gasteiger partial charge in [-0.15, -0.1) is 24.0 Å². The summed E-state index contributed by atoms with van der Waals surface area (Å²) in [5.74, 6) is 2.21. The van der Waals surface area contributed by atoms with E-state index < -0.39 is 0 Å². The van der Waals surface area contributed by atoms with Crippen LogP contribution in [0.2, 0.25) is 0 Å². The van der Waals surface area contributed by atoms with Crippen molar-refractivity contribution in [1.29, 1.82) is 0 Å². The van der Waals surface area contributed by atoms with Gasteiger partial charge in [-0.25, -0.2) is 4.99 Å². The van der Waals surface area contributed by atoms with Gasteiger partial charge in [0.1, 0.15) is 12.4 Å². The standard InChI is InChI=1S/C23H34N4O2.HI/c1-4-24-23(26-13-8-14-28-17-19(2)3)27-16-20-9-7-11-22(15-20)29-18-21-10-5-6-12-25-21;/h5-7,9-12,15,19H,4,8,13-14,16-18H2,1-3H3,(H2,24,26,27);1H. The SMILES string of the molecule is CCNC(=NCc1cccc(OCc2ccccn2)c1)NCCCOCC(C)C.I. The smallest absolute Gasteiger partial charge is 0.191 e. The van der Waals surface area contributed by atoms with Crippen molar-refractivity contribution in [1.82, 2.24) is 15.6 Å². The van der Waals surface area contributed by atoms with Gasteiger partial charge in [-0.2, -0.15) is 0 Å². The van der Waals surface area contributed by atoms with Gasteiger partial charge in [-0.05, 0) is 49.1 Å². The number of aliphatic imine (C=N–C) groups is 1. The minimum Gasteiger partial charge on any atom is -0.487 e. The zero-order chi connectivity index (χ0) is 20.7. The summed E-state index contributed by atoms with van der Waals surface area (Å²) in [7, 11) is 0. The Kier molecular flexibility index (Phi) is 13.9. The normalized spacial score (nSPS) is 11.1. The van der Waals surface area contributed by atoms with Crippen LogP contribution in [0, 0.1) is 5.92 Å². The lowest BCUT2D eigenvalue weighted by Crippen LogP contribution is -2.38. The van der Waals surface area contributed by atoms with E-state index in [9.17, 15) is 0 Å². The Morgan fingerprint density at radius 2 is 2.00 bits per heavy atom. The van der Waals surface area contributed by atoms with Gasteiger partial charge in [0.2, 0.25) is 0 Å². The number of hydrogen-bond donors (Lipinski definition) is 2. The molecule has 1 heterocycles. The third-order valence-electron chi connectivity index (χ3n) is 3.98. The molecule has 2 N–H and O–H groups in total. The number of pyridine rings is 1. The second-order valence-electron chi connectivity index (χ2n) is 7.20. The fourth-order valence-electron chi connectivity index (χ4n) is 2.59. The molecule has 30 heavy (non-hydrogen) atoms. The molecule has 2 aromatic rings. The number of halogens is 1. The van der Waals surface area contributed by atoms with Crippen LogP contribution < -0.4 is 15.4 Å². The van der Waals surface area contributed by atoms with Gasteiger partial charge in [-0.1, -0.05) is 32.0 Å². The highest BCUT2D eigenvalue weighted by atomic mass is 127. The molecule has 0 bridgehead atoms. The molecule has 0 atom stereocenters. The zero-order valence-corrected chi connectivity index (χ0v) is 20.6. The van der Waals surface area contributed by atoms with Crippen LogP contribution in [0.4, 0.5) is 0 Å². The summed E-state index contributed by atoms with van der Waals surface area (Å²) in [4.78, 5) is 8.95. The molecule has 0 saturated carbocycles. The van der Waals surface area contributed by atoms with Crippen molar-refractivity contribution in [2.45, 2.75) is 40.3 Å². The molecule has 0 fully saturated rings. The number of benzene rings is 1. The van der Waals surface area contributed by atoms with Crippen LogP contribution in [0.25, 0.3) is 0 Å². The Morgan fingerprint density at radius 3 is 2.73 bits per heavy atom.